The Morgan fingerprint density at radius 2 is 1.60 bits per heavy atom. The van der Waals surface area contributed by atoms with Crippen LogP contribution in [0.4, 0.5) is 0 Å². The molecule has 0 saturated heterocycles. The summed E-state index contributed by atoms with van der Waals surface area (Å²) >= 11 is 0. The van der Waals surface area contributed by atoms with Gasteiger partial charge in [-0.05, 0) is 19.9 Å². The Morgan fingerprint density at radius 3 is 2.05 bits per heavy atom. The Labute approximate surface area is 120 Å². The fourth-order valence-corrected chi connectivity index (χ4v) is 1.37. The molecule has 6 nitrogen and oxygen atoms in total. The molecule has 0 rings (SSSR count). The van der Waals surface area contributed by atoms with E-state index < -0.39 is 12.1 Å². The van der Waals surface area contributed by atoms with Crippen molar-refractivity contribution in [2.24, 2.45) is 0 Å². The highest BCUT2D eigenvalue weighted by Gasteiger charge is 2.18. The summed E-state index contributed by atoms with van der Waals surface area (Å²) in [7, 11) is 3.05. The van der Waals surface area contributed by atoms with Crippen LogP contribution in [0.3, 0.4) is 0 Å². The lowest BCUT2D eigenvalue weighted by Crippen LogP contribution is -2.30. The lowest BCUT2D eigenvalue weighted by molar-refractivity contribution is -0.138. The third kappa shape index (κ3) is 8.82. The van der Waals surface area contributed by atoms with Crippen molar-refractivity contribution in [1.82, 2.24) is 0 Å². The Bertz CT molecular complexity index is 300. The zero-order valence-corrected chi connectivity index (χ0v) is 12.5. The molecule has 0 amide bonds. The highest BCUT2D eigenvalue weighted by atomic mass is 16.7. The largest absolute Gasteiger partial charge is 0.463 e. The average molecular weight is 288 g/mol. The first kappa shape index (κ1) is 18.8. The summed E-state index contributed by atoms with van der Waals surface area (Å²) < 4.78 is 25.5. The number of esters is 1. The molecule has 0 aliphatic carbocycles. The molecule has 0 spiro atoms. The van der Waals surface area contributed by atoms with E-state index in [2.05, 4.69) is 0 Å². The van der Waals surface area contributed by atoms with Crippen LogP contribution < -0.4 is 0 Å². The number of allylic oxidation sites excluding steroid dienone is 1. The van der Waals surface area contributed by atoms with E-state index in [9.17, 15) is 4.79 Å². The second-order valence-electron chi connectivity index (χ2n) is 3.71. The van der Waals surface area contributed by atoms with E-state index in [0.29, 0.717) is 6.61 Å². The van der Waals surface area contributed by atoms with Gasteiger partial charge < -0.3 is 23.7 Å². The molecule has 0 bridgehead atoms. The van der Waals surface area contributed by atoms with Crippen LogP contribution in [0.5, 0.6) is 0 Å². The van der Waals surface area contributed by atoms with Gasteiger partial charge >= 0.3 is 5.97 Å². The predicted molar refractivity (Wildman–Crippen MR) is 74.1 cm³/mol. The van der Waals surface area contributed by atoms with Crippen molar-refractivity contribution in [2.75, 3.05) is 34.4 Å². The number of carbonyl (C=O) groups is 1. The first-order valence-corrected chi connectivity index (χ1v) is 6.38. The van der Waals surface area contributed by atoms with E-state index in [1.165, 1.54) is 20.3 Å². The number of hydrogen-bond acceptors (Lipinski definition) is 6. The molecule has 0 aromatic heterocycles. The van der Waals surface area contributed by atoms with Gasteiger partial charge in [-0.2, -0.15) is 0 Å². The van der Waals surface area contributed by atoms with Crippen molar-refractivity contribution >= 4 is 5.97 Å². The van der Waals surface area contributed by atoms with Gasteiger partial charge in [-0.25, -0.2) is 4.79 Å². The van der Waals surface area contributed by atoms with Crippen LogP contribution in [-0.2, 0) is 28.5 Å². The molecule has 0 aliphatic rings. The van der Waals surface area contributed by atoms with Crippen molar-refractivity contribution in [1.29, 1.82) is 0 Å². The van der Waals surface area contributed by atoms with Crippen molar-refractivity contribution in [3.63, 3.8) is 0 Å². The Balaban J connectivity index is 4.73. The van der Waals surface area contributed by atoms with Crippen molar-refractivity contribution in [2.45, 2.75) is 26.1 Å². The van der Waals surface area contributed by atoms with Crippen molar-refractivity contribution < 1.29 is 28.5 Å². The van der Waals surface area contributed by atoms with Crippen molar-refractivity contribution in [3.8, 4) is 0 Å². The van der Waals surface area contributed by atoms with Crippen LogP contribution >= 0.6 is 0 Å². The third-order valence-electron chi connectivity index (χ3n) is 2.17. The fraction of sp³-hybridized carbons (Fsp3) is 0.643. The molecule has 0 aromatic carbocycles. The van der Waals surface area contributed by atoms with Crippen LogP contribution in [0.15, 0.2) is 24.3 Å². The second kappa shape index (κ2) is 12.8. The first-order valence-electron chi connectivity index (χ1n) is 6.38. The highest BCUT2D eigenvalue weighted by Crippen LogP contribution is 2.09. The summed E-state index contributed by atoms with van der Waals surface area (Å²) in [6.07, 6.45) is 5.68. The van der Waals surface area contributed by atoms with Gasteiger partial charge in [-0.1, -0.05) is 12.2 Å². The first-order chi connectivity index (χ1) is 9.69. The lowest BCUT2D eigenvalue weighted by atomic mass is 10.1. The van der Waals surface area contributed by atoms with Crippen LogP contribution in [0.2, 0.25) is 0 Å². The van der Waals surface area contributed by atoms with Crippen LogP contribution in [0, 0.1) is 0 Å². The zero-order chi connectivity index (χ0) is 15.2. The van der Waals surface area contributed by atoms with Crippen LogP contribution in [0.1, 0.15) is 13.8 Å². The number of ether oxygens (including phenoxy) is 5. The van der Waals surface area contributed by atoms with E-state index in [4.69, 9.17) is 23.7 Å². The Morgan fingerprint density at radius 1 is 1.05 bits per heavy atom. The molecule has 6 heteroatoms. The summed E-state index contributed by atoms with van der Waals surface area (Å²) in [5, 5.41) is 0. The van der Waals surface area contributed by atoms with Gasteiger partial charge in [-0.15, -0.1) is 0 Å². The maximum absolute atomic E-state index is 11.3. The van der Waals surface area contributed by atoms with Gasteiger partial charge in [0.05, 0.1) is 6.61 Å². The standard InChI is InChI=1S/C14H24O6/c1-5-7-12(19-10-16-3)13(20-11-17-4)8-9-14(15)18-6-2/h5,7-9,12-13H,6,10-11H2,1-4H3/b7-5+,9-8+/t12-,13-/m0/s1. The topological polar surface area (TPSA) is 63.2 Å². The smallest absolute Gasteiger partial charge is 0.330 e. The molecule has 2 atom stereocenters. The van der Waals surface area contributed by atoms with Gasteiger partial charge in [-0.3, -0.25) is 0 Å². The number of methoxy groups -OCH3 is 2. The van der Waals surface area contributed by atoms with E-state index in [-0.39, 0.29) is 19.7 Å². The SMILES string of the molecule is C/C=C/[C@H](OCOC)[C@H](/C=C/C(=O)OCC)OCOC. The molecule has 0 aliphatic heterocycles. The minimum absolute atomic E-state index is 0.0855. The normalized spacial score (nSPS) is 14.8. The Kier molecular flexibility index (Phi) is 12.0. The molecule has 0 unspecified atom stereocenters. The number of carbonyl (C=O) groups excluding carboxylic acids is 1. The maximum atomic E-state index is 11.3. The van der Waals surface area contributed by atoms with Gasteiger partial charge in [0.15, 0.2) is 0 Å². The summed E-state index contributed by atoms with van der Waals surface area (Å²) in [5.41, 5.74) is 0. The van der Waals surface area contributed by atoms with Crippen LogP contribution in [0.25, 0.3) is 0 Å². The van der Waals surface area contributed by atoms with Gasteiger partial charge in [0.2, 0.25) is 0 Å². The summed E-state index contributed by atoms with van der Waals surface area (Å²) in [6.45, 7) is 4.14. The summed E-state index contributed by atoms with van der Waals surface area (Å²) in [6, 6.07) is 0. The molecule has 20 heavy (non-hydrogen) atoms. The summed E-state index contributed by atoms with van der Waals surface area (Å²) in [4.78, 5) is 11.3. The van der Waals surface area contributed by atoms with Gasteiger partial charge in [0, 0.05) is 20.3 Å². The quantitative estimate of drug-likeness (QED) is 0.249. The minimum Gasteiger partial charge on any atom is -0.463 e. The monoisotopic (exact) mass is 288 g/mol. The maximum Gasteiger partial charge on any atom is 0.330 e. The van der Waals surface area contributed by atoms with E-state index in [1.54, 1.807) is 13.0 Å². The minimum atomic E-state index is -0.481. The molecule has 116 valence electrons. The average Bonchev–Trinajstić information content (AvgIpc) is 2.44. The lowest BCUT2D eigenvalue weighted by Gasteiger charge is -2.22. The highest BCUT2D eigenvalue weighted by molar-refractivity contribution is 5.81. The molecule has 0 radical (unpaired) electrons. The van der Waals surface area contributed by atoms with E-state index in [1.807, 2.05) is 19.1 Å². The number of rotatable bonds is 11. The van der Waals surface area contributed by atoms with E-state index in [0.717, 1.165) is 0 Å². The van der Waals surface area contributed by atoms with Gasteiger partial charge in [0.25, 0.3) is 0 Å². The zero-order valence-electron chi connectivity index (χ0n) is 12.5. The molecule has 0 fully saturated rings. The van der Waals surface area contributed by atoms with E-state index >= 15 is 0 Å². The fourth-order valence-electron chi connectivity index (χ4n) is 1.37. The summed E-state index contributed by atoms with van der Waals surface area (Å²) in [5.74, 6) is -0.426. The molecule has 0 heterocycles. The molecule has 0 saturated carbocycles. The molecule has 0 aromatic rings. The van der Waals surface area contributed by atoms with Crippen molar-refractivity contribution in [3.05, 3.63) is 24.3 Å². The predicted octanol–water partition coefficient (Wildman–Crippen LogP) is 1.66. The molecule has 0 N–H and O–H groups in total. The van der Waals surface area contributed by atoms with Gasteiger partial charge in [0.1, 0.15) is 25.8 Å². The van der Waals surface area contributed by atoms with Crippen LogP contribution in [-0.4, -0.2) is 52.6 Å². The molecular formula is C14H24O6. The Hall–Kier alpha value is -1.21. The third-order valence-corrected chi connectivity index (χ3v) is 2.17. The number of hydrogen-bond donors (Lipinski definition) is 0. The molecular weight excluding hydrogens is 264 g/mol. The second-order valence-corrected chi connectivity index (χ2v) is 3.71.